The largest absolute Gasteiger partial charge is 0.289 e. The number of rotatable bonds is 1. The van der Waals surface area contributed by atoms with Crippen LogP contribution in [0.25, 0.3) is 11.6 Å². The summed E-state index contributed by atoms with van der Waals surface area (Å²) in [5.41, 5.74) is 4.20. The molecule has 0 saturated heterocycles. The number of halogens is 1. The topological polar surface area (TPSA) is 34.1 Å². The molecular formula is C19H13IO2. The van der Waals surface area contributed by atoms with E-state index in [2.05, 4.69) is 6.07 Å². The van der Waals surface area contributed by atoms with E-state index in [0.717, 1.165) is 20.3 Å². The van der Waals surface area contributed by atoms with Crippen LogP contribution in [0.1, 0.15) is 11.1 Å². The Hall–Kier alpha value is -2.14. The Morgan fingerprint density at radius 1 is 0.818 bits per heavy atom. The van der Waals surface area contributed by atoms with E-state index in [-0.39, 0.29) is 5.78 Å². The lowest BCUT2D eigenvalue weighted by Gasteiger charge is -2.06. The second-order valence-corrected chi connectivity index (χ2v) is 6.51. The fourth-order valence-electron chi connectivity index (χ4n) is 2.42. The second-order valence-electron chi connectivity index (χ2n) is 4.82. The third-order valence-electron chi connectivity index (χ3n) is 3.44. The minimum absolute atomic E-state index is 0.110. The molecule has 0 N–H and O–H groups in total. The molecule has 2 aromatic carbocycles. The summed E-state index contributed by atoms with van der Waals surface area (Å²) >= 11 is -0.941. The lowest BCUT2D eigenvalue weighted by molar-refractivity contribution is -0.110. The first-order valence-corrected chi connectivity index (χ1v) is 8.82. The first-order valence-electron chi connectivity index (χ1n) is 6.86. The van der Waals surface area contributed by atoms with Crippen molar-refractivity contribution in [3.63, 3.8) is 0 Å². The molecular weight excluding hydrogens is 387 g/mol. The van der Waals surface area contributed by atoms with Crippen LogP contribution in [0.3, 0.4) is 0 Å². The van der Waals surface area contributed by atoms with Crippen molar-refractivity contribution in [2.45, 2.75) is 0 Å². The number of carbonyl (C=O) groups excluding carboxylic acids is 1. The van der Waals surface area contributed by atoms with Crippen molar-refractivity contribution in [3.8, 4) is 0 Å². The maximum absolute atomic E-state index is 11.5. The summed E-state index contributed by atoms with van der Waals surface area (Å²) in [6.45, 7) is 0. The first kappa shape index (κ1) is 14.8. The molecule has 0 atom stereocenters. The van der Waals surface area contributed by atoms with E-state index in [9.17, 15) is 7.86 Å². The van der Waals surface area contributed by atoms with Gasteiger partial charge in [0.25, 0.3) is 0 Å². The number of ketones is 1. The van der Waals surface area contributed by atoms with Crippen LogP contribution in [0.4, 0.5) is 0 Å². The lowest BCUT2D eigenvalue weighted by atomic mass is 9.96. The van der Waals surface area contributed by atoms with Gasteiger partial charge in [-0.05, 0) is 41.0 Å². The molecule has 0 bridgehead atoms. The van der Waals surface area contributed by atoms with Crippen LogP contribution in [0, 0.1) is 3.57 Å². The van der Waals surface area contributed by atoms with Gasteiger partial charge >= 0.3 is 0 Å². The summed E-state index contributed by atoms with van der Waals surface area (Å²) in [7, 11) is 0. The van der Waals surface area contributed by atoms with Crippen LogP contribution < -0.4 is 0 Å². The monoisotopic (exact) mass is 400 g/mol. The zero-order valence-corrected chi connectivity index (χ0v) is 13.9. The van der Waals surface area contributed by atoms with Crippen LogP contribution in [0.2, 0.25) is 0 Å². The number of hydrogen-bond acceptors (Lipinski definition) is 2. The van der Waals surface area contributed by atoms with E-state index in [0.29, 0.717) is 0 Å². The summed E-state index contributed by atoms with van der Waals surface area (Å²) < 4.78 is 11.2. The van der Waals surface area contributed by atoms with Gasteiger partial charge in [-0.3, -0.25) is 7.86 Å². The summed E-state index contributed by atoms with van der Waals surface area (Å²) in [4.78, 5) is 11.5. The third-order valence-corrected chi connectivity index (χ3v) is 4.67. The van der Waals surface area contributed by atoms with Gasteiger partial charge in [-0.15, -0.1) is 0 Å². The second kappa shape index (κ2) is 6.75. The quantitative estimate of drug-likeness (QED) is 0.646. The molecule has 0 saturated carbocycles. The Bertz CT molecular complexity index is 814. The van der Waals surface area contributed by atoms with Gasteiger partial charge in [0.1, 0.15) is 0 Å². The molecule has 0 aromatic heterocycles. The summed E-state index contributed by atoms with van der Waals surface area (Å²) in [6.07, 6.45) is 7.39. The van der Waals surface area contributed by atoms with Gasteiger partial charge in [-0.2, -0.15) is 0 Å². The summed E-state index contributed by atoms with van der Waals surface area (Å²) in [5.74, 6) is 0.110. The Kier molecular flexibility index (Phi) is 4.53. The highest BCUT2D eigenvalue weighted by atomic mass is 127. The number of hydrogen-bond donors (Lipinski definition) is 0. The van der Waals surface area contributed by atoms with Crippen molar-refractivity contribution >= 4 is 38.6 Å². The third kappa shape index (κ3) is 3.04. The highest BCUT2D eigenvalue weighted by Gasteiger charge is 2.23. The van der Waals surface area contributed by atoms with Crippen molar-refractivity contribution < 1.29 is 7.86 Å². The van der Waals surface area contributed by atoms with E-state index in [1.54, 1.807) is 6.08 Å². The van der Waals surface area contributed by atoms with Crippen LogP contribution >= 0.6 is 21.2 Å². The molecule has 2 aliphatic rings. The van der Waals surface area contributed by atoms with Gasteiger partial charge in [-0.25, -0.2) is 0 Å². The van der Waals surface area contributed by atoms with Crippen molar-refractivity contribution in [1.29, 1.82) is 0 Å². The Morgan fingerprint density at radius 2 is 1.55 bits per heavy atom. The SMILES string of the molecule is O=C1C=CC=C2C1=Cc1ccccc12.O=Ic1ccccc1. The summed E-state index contributed by atoms with van der Waals surface area (Å²) in [5, 5.41) is 0. The van der Waals surface area contributed by atoms with Gasteiger partial charge in [0.15, 0.2) is 27.0 Å². The lowest BCUT2D eigenvalue weighted by Crippen LogP contribution is -2.00. The van der Waals surface area contributed by atoms with E-state index < -0.39 is 21.2 Å². The maximum atomic E-state index is 11.5. The maximum Gasteiger partial charge on any atom is 0.186 e. The standard InChI is InChI=1S/C13H8O.C6H5IO/c14-13-7-3-6-11-10-5-2-1-4-9(10)8-12(11)13;8-7-6-4-2-1-3-5-6/h1-8H;1-5H. The Balaban J connectivity index is 0.000000154. The van der Waals surface area contributed by atoms with E-state index in [4.69, 9.17) is 0 Å². The molecule has 0 fully saturated rings. The van der Waals surface area contributed by atoms with Crippen LogP contribution in [-0.4, -0.2) is 5.78 Å². The molecule has 0 unspecified atom stereocenters. The molecule has 4 rings (SSSR count). The predicted octanol–water partition coefficient (Wildman–Crippen LogP) is 4.78. The minimum Gasteiger partial charge on any atom is -0.289 e. The average molecular weight is 400 g/mol. The number of carbonyl (C=O) groups is 1. The molecule has 2 aromatic rings. The predicted molar refractivity (Wildman–Crippen MR) is 96.4 cm³/mol. The fourth-order valence-corrected chi connectivity index (χ4v) is 3.13. The van der Waals surface area contributed by atoms with Gasteiger partial charge in [0, 0.05) is 9.14 Å². The van der Waals surface area contributed by atoms with E-state index in [1.807, 2.05) is 66.8 Å². The van der Waals surface area contributed by atoms with Crippen LogP contribution in [-0.2, 0) is 7.86 Å². The molecule has 0 heterocycles. The summed E-state index contributed by atoms with van der Waals surface area (Å²) in [6, 6.07) is 17.5. The van der Waals surface area contributed by atoms with Crippen molar-refractivity contribution in [2.75, 3.05) is 0 Å². The molecule has 0 aliphatic heterocycles. The minimum atomic E-state index is -0.941. The molecule has 2 aliphatic carbocycles. The average Bonchev–Trinajstić information content (AvgIpc) is 2.97. The molecule has 108 valence electrons. The van der Waals surface area contributed by atoms with E-state index >= 15 is 0 Å². The van der Waals surface area contributed by atoms with Crippen molar-refractivity contribution in [1.82, 2.24) is 0 Å². The molecule has 0 radical (unpaired) electrons. The Labute approximate surface area is 139 Å². The highest BCUT2D eigenvalue weighted by molar-refractivity contribution is 14.1. The van der Waals surface area contributed by atoms with Gasteiger partial charge in [0.2, 0.25) is 0 Å². The number of fused-ring (bicyclic) bond motifs is 3. The molecule has 0 spiro atoms. The van der Waals surface area contributed by atoms with Gasteiger partial charge < -0.3 is 0 Å². The normalized spacial score (nSPS) is 14.3. The zero-order chi connectivity index (χ0) is 15.4. The number of benzene rings is 2. The highest BCUT2D eigenvalue weighted by Crippen LogP contribution is 2.37. The van der Waals surface area contributed by atoms with Gasteiger partial charge in [-0.1, -0.05) is 54.6 Å². The Morgan fingerprint density at radius 3 is 2.27 bits per heavy atom. The fraction of sp³-hybridized carbons (Fsp3) is 0. The van der Waals surface area contributed by atoms with Crippen molar-refractivity contribution in [2.24, 2.45) is 0 Å². The smallest absolute Gasteiger partial charge is 0.186 e. The van der Waals surface area contributed by atoms with Crippen LogP contribution in [0.5, 0.6) is 0 Å². The van der Waals surface area contributed by atoms with E-state index in [1.165, 1.54) is 5.56 Å². The van der Waals surface area contributed by atoms with Crippen molar-refractivity contribution in [3.05, 3.63) is 93.1 Å². The molecule has 2 nitrogen and oxygen atoms in total. The number of allylic oxidation sites excluding steroid dienone is 5. The van der Waals surface area contributed by atoms with Crippen LogP contribution in [0.15, 0.2) is 78.4 Å². The zero-order valence-electron chi connectivity index (χ0n) is 11.7. The van der Waals surface area contributed by atoms with Gasteiger partial charge in [0.05, 0.1) is 0 Å². The molecule has 22 heavy (non-hydrogen) atoms. The molecule has 3 heteroatoms. The molecule has 0 amide bonds. The first-order chi connectivity index (χ1) is 10.8.